The van der Waals surface area contributed by atoms with Gasteiger partial charge in [0.2, 0.25) is 0 Å². The van der Waals surface area contributed by atoms with E-state index in [2.05, 4.69) is 22.6 Å². The maximum Gasteiger partial charge on any atom is 0.306 e. The zero-order valence-electron chi connectivity index (χ0n) is 6.42. The van der Waals surface area contributed by atoms with Crippen LogP contribution < -0.4 is 0 Å². The summed E-state index contributed by atoms with van der Waals surface area (Å²) in [6.07, 6.45) is 4.32. The van der Waals surface area contributed by atoms with E-state index in [1.165, 1.54) is 6.42 Å². The van der Waals surface area contributed by atoms with Gasteiger partial charge in [-0.05, 0) is 18.8 Å². The molecule has 64 valence electrons. The van der Waals surface area contributed by atoms with E-state index < -0.39 is 5.97 Å². The van der Waals surface area contributed by atoms with Crippen LogP contribution in [0.3, 0.4) is 0 Å². The summed E-state index contributed by atoms with van der Waals surface area (Å²) in [5, 5.41) is 8.84. The maximum atomic E-state index is 10.7. The Morgan fingerprint density at radius 2 is 2.09 bits per heavy atom. The Hall–Kier alpha value is 0.200. The lowest BCUT2D eigenvalue weighted by Gasteiger charge is -2.26. The van der Waals surface area contributed by atoms with Gasteiger partial charge in [-0.2, -0.15) is 0 Å². The predicted molar refractivity (Wildman–Crippen MR) is 52.0 cm³/mol. The summed E-state index contributed by atoms with van der Waals surface area (Å²) in [4.78, 5) is 10.7. The number of carboxylic acid groups (broad SMARTS) is 1. The Bertz CT molecular complexity index is 147. The zero-order chi connectivity index (χ0) is 8.27. The molecule has 2 unspecified atom stereocenters. The minimum Gasteiger partial charge on any atom is -0.481 e. The van der Waals surface area contributed by atoms with E-state index in [9.17, 15) is 4.79 Å². The topological polar surface area (TPSA) is 37.3 Å². The molecule has 0 bridgehead atoms. The summed E-state index contributed by atoms with van der Waals surface area (Å²) >= 11 is 2.29. The third-order valence-electron chi connectivity index (χ3n) is 2.42. The highest BCUT2D eigenvalue weighted by atomic mass is 127. The molecule has 0 spiro atoms. The van der Waals surface area contributed by atoms with Crippen LogP contribution in [-0.2, 0) is 4.79 Å². The fourth-order valence-electron chi connectivity index (χ4n) is 1.72. The second-order valence-electron chi connectivity index (χ2n) is 3.14. The Morgan fingerprint density at radius 1 is 1.45 bits per heavy atom. The highest BCUT2D eigenvalue weighted by molar-refractivity contribution is 14.1. The monoisotopic (exact) mass is 268 g/mol. The largest absolute Gasteiger partial charge is 0.481 e. The van der Waals surface area contributed by atoms with Crippen LogP contribution in [0, 0.1) is 11.8 Å². The molecule has 0 aliphatic heterocycles. The van der Waals surface area contributed by atoms with Crippen molar-refractivity contribution < 1.29 is 9.90 Å². The fourth-order valence-corrected chi connectivity index (χ4v) is 2.77. The Morgan fingerprint density at radius 3 is 2.55 bits per heavy atom. The second-order valence-corrected chi connectivity index (χ2v) is 4.02. The number of hydrogen-bond acceptors (Lipinski definition) is 1. The van der Waals surface area contributed by atoms with Gasteiger partial charge in [0.15, 0.2) is 0 Å². The molecular formula is C8H13IO2. The predicted octanol–water partition coefficient (Wildman–Crippen LogP) is 2.31. The molecule has 3 heteroatoms. The van der Waals surface area contributed by atoms with E-state index >= 15 is 0 Å². The number of halogens is 1. The number of carboxylic acids is 1. The van der Waals surface area contributed by atoms with Gasteiger partial charge in [0.1, 0.15) is 0 Å². The van der Waals surface area contributed by atoms with Gasteiger partial charge >= 0.3 is 5.97 Å². The van der Waals surface area contributed by atoms with Gasteiger partial charge in [0, 0.05) is 4.43 Å². The lowest BCUT2D eigenvalue weighted by molar-refractivity contribution is -0.144. The van der Waals surface area contributed by atoms with Crippen LogP contribution in [-0.4, -0.2) is 15.5 Å². The van der Waals surface area contributed by atoms with Crippen LogP contribution in [0.4, 0.5) is 0 Å². The summed E-state index contributed by atoms with van der Waals surface area (Å²) in [6.45, 7) is 0. The van der Waals surface area contributed by atoms with Gasteiger partial charge in [0.25, 0.3) is 0 Å². The molecule has 1 fully saturated rings. The summed E-state index contributed by atoms with van der Waals surface area (Å²) < 4.78 is 0.995. The van der Waals surface area contributed by atoms with Crippen molar-refractivity contribution in [2.75, 3.05) is 4.43 Å². The molecule has 1 rings (SSSR count). The number of hydrogen-bond donors (Lipinski definition) is 1. The Kier molecular flexibility index (Phi) is 3.62. The van der Waals surface area contributed by atoms with Gasteiger partial charge in [-0.25, -0.2) is 0 Å². The summed E-state index contributed by atoms with van der Waals surface area (Å²) in [7, 11) is 0. The molecule has 0 saturated heterocycles. The number of alkyl halides is 1. The molecule has 2 atom stereocenters. The first-order chi connectivity index (χ1) is 5.25. The minimum absolute atomic E-state index is 0.0550. The Balaban J connectivity index is 2.51. The molecule has 1 aliphatic carbocycles. The number of aliphatic carboxylic acids is 1. The first-order valence-corrected chi connectivity index (χ1v) is 5.57. The van der Waals surface area contributed by atoms with Crippen molar-refractivity contribution in [2.45, 2.75) is 25.7 Å². The van der Waals surface area contributed by atoms with Crippen molar-refractivity contribution in [1.29, 1.82) is 0 Å². The quantitative estimate of drug-likeness (QED) is 0.616. The van der Waals surface area contributed by atoms with Crippen molar-refractivity contribution in [2.24, 2.45) is 11.8 Å². The third-order valence-corrected chi connectivity index (χ3v) is 3.56. The van der Waals surface area contributed by atoms with Crippen molar-refractivity contribution in [1.82, 2.24) is 0 Å². The van der Waals surface area contributed by atoms with Gasteiger partial charge < -0.3 is 5.11 Å². The smallest absolute Gasteiger partial charge is 0.306 e. The molecular weight excluding hydrogens is 255 g/mol. The van der Waals surface area contributed by atoms with E-state index in [0.29, 0.717) is 5.92 Å². The van der Waals surface area contributed by atoms with Crippen LogP contribution in [0.15, 0.2) is 0 Å². The molecule has 1 aliphatic rings. The highest BCUT2D eigenvalue weighted by Gasteiger charge is 2.29. The SMILES string of the molecule is O=C(O)C1CCCCC1CI. The number of rotatable bonds is 2. The standard InChI is InChI=1S/C8H13IO2/c9-5-6-3-1-2-4-7(6)8(10)11/h6-7H,1-5H2,(H,10,11). The lowest BCUT2D eigenvalue weighted by atomic mass is 9.80. The number of carbonyl (C=O) groups is 1. The van der Waals surface area contributed by atoms with Crippen LogP contribution in [0.25, 0.3) is 0 Å². The van der Waals surface area contributed by atoms with Crippen molar-refractivity contribution in [3.05, 3.63) is 0 Å². The molecule has 11 heavy (non-hydrogen) atoms. The van der Waals surface area contributed by atoms with E-state index in [0.717, 1.165) is 23.7 Å². The zero-order valence-corrected chi connectivity index (χ0v) is 8.58. The van der Waals surface area contributed by atoms with Gasteiger partial charge in [-0.3, -0.25) is 4.79 Å². The van der Waals surface area contributed by atoms with Crippen LogP contribution >= 0.6 is 22.6 Å². The highest BCUT2D eigenvalue weighted by Crippen LogP contribution is 2.31. The van der Waals surface area contributed by atoms with Crippen molar-refractivity contribution >= 4 is 28.6 Å². The average Bonchev–Trinajstić information content (AvgIpc) is 2.04. The van der Waals surface area contributed by atoms with Crippen molar-refractivity contribution in [3.8, 4) is 0 Å². The molecule has 1 N–H and O–H groups in total. The van der Waals surface area contributed by atoms with Crippen molar-refractivity contribution in [3.63, 3.8) is 0 Å². The maximum absolute atomic E-state index is 10.7. The second kappa shape index (κ2) is 4.28. The molecule has 1 saturated carbocycles. The van der Waals surface area contributed by atoms with Crippen LogP contribution in [0.5, 0.6) is 0 Å². The molecule has 0 amide bonds. The first kappa shape index (κ1) is 9.29. The molecule has 0 aromatic carbocycles. The molecule has 0 radical (unpaired) electrons. The lowest BCUT2D eigenvalue weighted by Crippen LogP contribution is -2.27. The first-order valence-electron chi connectivity index (χ1n) is 4.04. The van der Waals surface area contributed by atoms with Gasteiger partial charge in [-0.15, -0.1) is 0 Å². The van der Waals surface area contributed by atoms with E-state index in [1.54, 1.807) is 0 Å². The molecule has 2 nitrogen and oxygen atoms in total. The van der Waals surface area contributed by atoms with Gasteiger partial charge in [-0.1, -0.05) is 35.4 Å². The van der Waals surface area contributed by atoms with E-state index in [-0.39, 0.29) is 5.92 Å². The Labute approximate surface area is 80.5 Å². The summed E-state index contributed by atoms with van der Waals surface area (Å²) in [6, 6.07) is 0. The molecule has 0 aromatic heterocycles. The summed E-state index contributed by atoms with van der Waals surface area (Å²) in [5.74, 6) is -0.214. The molecule has 0 aromatic rings. The van der Waals surface area contributed by atoms with E-state index in [1.807, 2.05) is 0 Å². The van der Waals surface area contributed by atoms with Crippen LogP contribution in [0.1, 0.15) is 25.7 Å². The van der Waals surface area contributed by atoms with Crippen LogP contribution in [0.2, 0.25) is 0 Å². The normalized spacial score (nSPS) is 31.7. The van der Waals surface area contributed by atoms with Gasteiger partial charge in [0.05, 0.1) is 5.92 Å². The fraction of sp³-hybridized carbons (Fsp3) is 0.875. The molecule has 0 heterocycles. The third kappa shape index (κ3) is 2.32. The van der Waals surface area contributed by atoms with E-state index in [4.69, 9.17) is 5.11 Å². The minimum atomic E-state index is -0.591. The average molecular weight is 268 g/mol. The summed E-state index contributed by atoms with van der Waals surface area (Å²) in [5.41, 5.74) is 0.